The molecule has 1 saturated heterocycles. The average Bonchev–Trinajstić information content (AvgIpc) is 2.88. The fraction of sp³-hybridized carbons (Fsp3) is 1.00. The minimum absolute atomic E-state index is 0.0951. The van der Waals surface area contributed by atoms with E-state index in [1.165, 1.54) is 0 Å². The van der Waals surface area contributed by atoms with E-state index in [1.807, 2.05) is 6.92 Å². The fourth-order valence-electron chi connectivity index (χ4n) is 3.13. The zero-order chi connectivity index (χ0) is 14.4. The molecular weight excluding hydrogens is 258 g/mol. The Hall–Kier alpha value is -0.200. The lowest BCUT2D eigenvalue weighted by Crippen LogP contribution is -2.53. The predicted molar refractivity (Wildman–Crippen MR) is 76.8 cm³/mol. The third kappa shape index (κ3) is 4.15. The number of rotatable bonds is 7. The number of hydrogen-bond donors (Lipinski definition) is 1. The summed E-state index contributed by atoms with van der Waals surface area (Å²) in [5.41, 5.74) is 0. The molecule has 118 valence electrons. The van der Waals surface area contributed by atoms with E-state index in [9.17, 15) is 0 Å². The molecule has 1 aliphatic carbocycles. The Balaban J connectivity index is 1.91. The van der Waals surface area contributed by atoms with Gasteiger partial charge in [-0.3, -0.25) is 0 Å². The molecule has 0 aromatic carbocycles. The summed E-state index contributed by atoms with van der Waals surface area (Å²) in [4.78, 5) is 0. The van der Waals surface area contributed by atoms with Crippen LogP contribution in [0.3, 0.4) is 0 Å². The van der Waals surface area contributed by atoms with Gasteiger partial charge in [0, 0.05) is 25.5 Å². The van der Waals surface area contributed by atoms with E-state index in [4.69, 9.17) is 18.9 Å². The summed E-state index contributed by atoms with van der Waals surface area (Å²) in [6.07, 6.45) is 3.00. The van der Waals surface area contributed by atoms with Crippen LogP contribution in [0.5, 0.6) is 0 Å². The molecule has 20 heavy (non-hydrogen) atoms. The van der Waals surface area contributed by atoms with Crippen molar-refractivity contribution in [1.82, 2.24) is 5.32 Å². The minimum atomic E-state index is -0.401. The van der Waals surface area contributed by atoms with Gasteiger partial charge in [0.1, 0.15) is 0 Å². The molecule has 5 heteroatoms. The van der Waals surface area contributed by atoms with Gasteiger partial charge in [0.25, 0.3) is 0 Å². The van der Waals surface area contributed by atoms with Crippen molar-refractivity contribution in [2.75, 3.05) is 33.0 Å². The summed E-state index contributed by atoms with van der Waals surface area (Å²) in [5, 5.41) is 3.53. The van der Waals surface area contributed by atoms with Crippen molar-refractivity contribution in [3.05, 3.63) is 0 Å². The largest absolute Gasteiger partial charge is 0.379 e. The Morgan fingerprint density at radius 2 is 2.05 bits per heavy atom. The van der Waals surface area contributed by atoms with Gasteiger partial charge in [0.15, 0.2) is 5.79 Å². The van der Waals surface area contributed by atoms with Crippen molar-refractivity contribution >= 4 is 0 Å². The van der Waals surface area contributed by atoms with E-state index < -0.39 is 5.79 Å². The number of nitrogens with one attached hydrogen (secondary N) is 1. The summed E-state index contributed by atoms with van der Waals surface area (Å²) in [6, 6.07) is 0.377. The summed E-state index contributed by atoms with van der Waals surface area (Å²) < 4.78 is 23.3. The summed E-state index contributed by atoms with van der Waals surface area (Å²) in [7, 11) is 0. The molecule has 0 amide bonds. The Labute approximate surface area is 122 Å². The molecule has 3 unspecified atom stereocenters. The van der Waals surface area contributed by atoms with E-state index in [-0.39, 0.29) is 12.2 Å². The molecule has 0 aromatic rings. The minimum Gasteiger partial charge on any atom is -0.379 e. The molecule has 2 rings (SSSR count). The fourth-order valence-corrected chi connectivity index (χ4v) is 3.13. The molecule has 1 spiro atoms. The van der Waals surface area contributed by atoms with Crippen LogP contribution < -0.4 is 5.32 Å². The second-order valence-electron chi connectivity index (χ2n) is 5.66. The van der Waals surface area contributed by atoms with Crippen LogP contribution in [0.4, 0.5) is 0 Å². The molecule has 1 N–H and O–H groups in total. The van der Waals surface area contributed by atoms with Crippen LogP contribution in [-0.4, -0.2) is 57.0 Å². The predicted octanol–water partition coefficient (Wildman–Crippen LogP) is 1.70. The highest BCUT2D eigenvalue weighted by Gasteiger charge is 2.45. The second kappa shape index (κ2) is 7.71. The lowest BCUT2D eigenvalue weighted by atomic mass is 9.87. The highest BCUT2D eigenvalue weighted by Crippen LogP contribution is 2.37. The van der Waals surface area contributed by atoms with Crippen molar-refractivity contribution in [2.24, 2.45) is 0 Å². The molecule has 1 heterocycles. The van der Waals surface area contributed by atoms with E-state index in [0.717, 1.165) is 32.4 Å². The van der Waals surface area contributed by atoms with Gasteiger partial charge in [0.05, 0.1) is 32.0 Å². The van der Waals surface area contributed by atoms with Crippen molar-refractivity contribution in [3.63, 3.8) is 0 Å². The Bertz CT molecular complexity index is 281. The number of likely N-dealkylation sites (N-methyl/N-ethyl adjacent to an activating group) is 1. The van der Waals surface area contributed by atoms with Gasteiger partial charge in [0.2, 0.25) is 0 Å². The van der Waals surface area contributed by atoms with Crippen LogP contribution in [0.1, 0.15) is 40.0 Å². The average molecular weight is 287 g/mol. The lowest BCUT2D eigenvalue weighted by molar-refractivity contribution is -0.214. The Morgan fingerprint density at radius 3 is 2.70 bits per heavy atom. The van der Waals surface area contributed by atoms with Crippen LogP contribution >= 0.6 is 0 Å². The maximum Gasteiger partial charge on any atom is 0.171 e. The molecule has 1 aliphatic heterocycles. The van der Waals surface area contributed by atoms with Gasteiger partial charge in [-0.05, 0) is 26.8 Å². The summed E-state index contributed by atoms with van der Waals surface area (Å²) in [6.45, 7) is 9.93. The SMILES string of the molecule is CCNC1CCC2(CC1OC(C)COCC)OCCO2. The molecule has 2 aliphatic rings. The van der Waals surface area contributed by atoms with E-state index in [2.05, 4.69) is 19.2 Å². The summed E-state index contributed by atoms with van der Waals surface area (Å²) in [5.74, 6) is -0.401. The highest BCUT2D eigenvalue weighted by atomic mass is 16.7. The first-order valence-electron chi connectivity index (χ1n) is 7.93. The Morgan fingerprint density at radius 1 is 1.30 bits per heavy atom. The maximum absolute atomic E-state index is 6.20. The molecule has 0 aromatic heterocycles. The first-order valence-corrected chi connectivity index (χ1v) is 7.93. The molecule has 5 nitrogen and oxygen atoms in total. The zero-order valence-electron chi connectivity index (χ0n) is 13.0. The second-order valence-corrected chi connectivity index (χ2v) is 5.66. The molecule has 0 bridgehead atoms. The topological polar surface area (TPSA) is 49.0 Å². The molecule has 3 atom stereocenters. The normalized spacial score (nSPS) is 30.8. The van der Waals surface area contributed by atoms with Gasteiger partial charge in [-0.25, -0.2) is 0 Å². The van der Waals surface area contributed by atoms with Crippen molar-refractivity contribution < 1.29 is 18.9 Å². The lowest BCUT2D eigenvalue weighted by Gasteiger charge is -2.42. The molecule has 1 saturated carbocycles. The Kier molecular flexibility index (Phi) is 6.23. The van der Waals surface area contributed by atoms with Gasteiger partial charge >= 0.3 is 0 Å². The first-order chi connectivity index (χ1) is 9.69. The summed E-state index contributed by atoms with van der Waals surface area (Å²) >= 11 is 0. The monoisotopic (exact) mass is 287 g/mol. The quantitative estimate of drug-likeness (QED) is 0.772. The standard InChI is InChI=1S/C15H29NO4/c1-4-16-13-6-7-15(18-8-9-19-15)10-14(13)20-12(3)11-17-5-2/h12-14,16H,4-11H2,1-3H3. The van der Waals surface area contributed by atoms with Crippen LogP contribution in [0.15, 0.2) is 0 Å². The zero-order valence-corrected chi connectivity index (χ0v) is 13.0. The van der Waals surface area contributed by atoms with Gasteiger partial charge in [-0.1, -0.05) is 6.92 Å². The van der Waals surface area contributed by atoms with Gasteiger partial charge in [-0.2, -0.15) is 0 Å². The third-order valence-electron chi connectivity index (χ3n) is 4.04. The van der Waals surface area contributed by atoms with Crippen LogP contribution in [0.25, 0.3) is 0 Å². The molecule has 2 fully saturated rings. The third-order valence-corrected chi connectivity index (χ3v) is 4.04. The maximum atomic E-state index is 6.20. The molecular formula is C15H29NO4. The number of ether oxygens (including phenoxy) is 4. The van der Waals surface area contributed by atoms with Crippen LogP contribution in [0, 0.1) is 0 Å². The van der Waals surface area contributed by atoms with Crippen LogP contribution in [-0.2, 0) is 18.9 Å². The van der Waals surface area contributed by atoms with Gasteiger partial charge in [-0.15, -0.1) is 0 Å². The smallest absolute Gasteiger partial charge is 0.171 e. The van der Waals surface area contributed by atoms with Crippen molar-refractivity contribution in [3.8, 4) is 0 Å². The first kappa shape index (κ1) is 16.2. The van der Waals surface area contributed by atoms with Crippen molar-refractivity contribution in [2.45, 2.75) is 64.1 Å². The number of hydrogen-bond acceptors (Lipinski definition) is 5. The highest BCUT2D eigenvalue weighted by molar-refractivity contribution is 4.92. The molecule has 0 radical (unpaired) electrons. The van der Waals surface area contributed by atoms with Crippen LogP contribution in [0.2, 0.25) is 0 Å². The van der Waals surface area contributed by atoms with E-state index in [0.29, 0.717) is 25.9 Å². The van der Waals surface area contributed by atoms with E-state index in [1.54, 1.807) is 0 Å². The van der Waals surface area contributed by atoms with Crippen molar-refractivity contribution in [1.29, 1.82) is 0 Å². The van der Waals surface area contributed by atoms with Gasteiger partial charge < -0.3 is 24.3 Å². The van der Waals surface area contributed by atoms with E-state index >= 15 is 0 Å².